The van der Waals surface area contributed by atoms with E-state index in [4.69, 9.17) is 11.6 Å². The number of hydrogen-bond donors (Lipinski definition) is 1. The third-order valence-electron chi connectivity index (χ3n) is 2.66. The van der Waals surface area contributed by atoms with Gasteiger partial charge in [0.2, 0.25) is 0 Å². The first kappa shape index (κ1) is 12.5. The quantitative estimate of drug-likeness (QED) is 0.798. The van der Waals surface area contributed by atoms with Gasteiger partial charge in [-0.05, 0) is 37.4 Å². The lowest BCUT2D eigenvalue weighted by Crippen LogP contribution is -2.17. The van der Waals surface area contributed by atoms with Crippen molar-refractivity contribution in [3.8, 4) is 0 Å². The Kier molecular flexibility index (Phi) is 5.13. The minimum atomic E-state index is 0.376. The van der Waals surface area contributed by atoms with E-state index in [-0.39, 0.29) is 0 Å². The van der Waals surface area contributed by atoms with Crippen molar-refractivity contribution in [1.82, 2.24) is 5.32 Å². The Morgan fingerprint density at radius 2 is 1.87 bits per heavy atom. The average molecular weight is 226 g/mol. The van der Waals surface area contributed by atoms with E-state index in [0.717, 1.165) is 17.4 Å². The van der Waals surface area contributed by atoms with E-state index in [0.29, 0.717) is 6.04 Å². The van der Waals surface area contributed by atoms with Crippen LogP contribution in [-0.2, 0) is 0 Å². The average Bonchev–Trinajstić information content (AvgIpc) is 2.21. The molecule has 1 aromatic rings. The zero-order valence-corrected chi connectivity index (χ0v) is 10.5. The lowest BCUT2D eigenvalue weighted by atomic mass is 9.98. The lowest BCUT2D eigenvalue weighted by Gasteiger charge is -2.18. The van der Waals surface area contributed by atoms with E-state index in [2.05, 4.69) is 25.2 Å². The molecule has 0 aliphatic heterocycles. The zero-order chi connectivity index (χ0) is 11.3. The van der Waals surface area contributed by atoms with Crippen molar-refractivity contribution < 1.29 is 0 Å². The fraction of sp³-hybridized carbons (Fsp3) is 0.538. The summed E-state index contributed by atoms with van der Waals surface area (Å²) in [5.74, 6) is 0.739. The van der Waals surface area contributed by atoms with Crippen LogP contribution in [0.3, 0.4) is 0 Å². The molecule has 0 aliphatic carbocycles. The molecule has 84 valence electrons. The van der Waals surface area contributed by atoms with Crippen LogP contribution in [-0.4, -0.2) is 7.05 Å². The molecule has 1 aromatic carbocycles. The molecule has 0 amide bonds. The van der Waals surface area contributed by atoms with Gasteiger partial charge in [-0.25, -0.2) is 0 Å². The molecule has 1 unspecified atom stereocenters. The molecule has 0 aromatic heterocycles. The minimum Gasteiger partial charge on any atom is -0.313 e. The molecule has 0 saturated carbocycles. The van der Waals surface area contributed by atoms with Crippen LogP contribution in [0.25, 0.3) is 0 Å². The number of hydrogen-bond acceptors (Lipinski definition) is 1. The second-order valence-corrected chi connectivity index (χ2v) is 4.74. The third kappa shape index (κ3) is 3.84. The molecular formula is C13H20ClN. The maximum atomic E-state index is 6.17. The Hall–Kier alpha value is -0.530. The van der Waals surface area contributed by atoms with Gasteiger partial charge in [-0.1, -0.05) is 43.6 Å². The smallest absolute Gasteiger partial charge is 0.0453 e. The van der Waals surface area contributed by atoms with E-state index in [9.17, 15) is 0 Å². The Balaban J connectivity index is 2.70. The first-order valence-corrected chi connectivity index (χ1v) is 5.94. The van der Waals surface area contributed by atoms with Crippen LogP contribution in [0.1, 0.15) is 38.3 Å². The van der Waals surface area contributed by atoms with Crippen LogP contribution in [0.5, 0.6) is 0 Å². The minimum absolute atomic E-state index is 0.376. The van der Waals surface area contributed by atoms with Crippen LogP contribution in [0.2, 0.25) is 5.02 Å². The van der Waals surface area contributed by atoms with Crippen molar-refractivity contribution in [1.29, 1.82) is 0 Å². The number of rotatable bonds is 5. The summed E-state index contributed by atoms with van der Waals surface area (Å²) in [7, 11) is 1.99. The SMILES string of the molecule is CNC(CCC(C)C)c1ccccc1Cl. The van der Waals surface area contributed by atoms with Crippen LogP contribution in [0.15, 0.2) is 24.3 Å². The van der Waals surface area contributed by atoms with E-state index in [1.54, 1.807) is 0 Å². The van der Waals surface area contributed by atoms with Gasteiger partial charge in [-0.2, -0.15) is 0 Å². The van der Waals surface area contributed by atoms with Gasteiger partial charge in [0.25, 0.3) is 0 Å². The van der Waals surface area contributed by atoms with Crippen LogP contribution in [0.4, 0.5) is 0 Å². The van der Waals surface area contributed by atoms with Gasteiger partial charge in [0.05, 0.1) is 0 Å². The Morgan fingerprint density at radius 3 is 2.40 bits per heavy atom. The molecule has 0 aliphatic rings. The second kappa shape index (κ2) is 6.14. The highest BCUT2D eigenvalue weighted by Gasteiger charge is 2.12. The summed E-state index contributed by atoms with van der Waals surface area (Å²) in [5, 5.41) is 4.19. The molecule has 0 radical (unpaired) electrons. The highest BCUT2D eigenvalue weighted by Crippen LogP contribution is 2.26. The largest absolute Gasteiger partial charge is 0.313 e. The van der Waals surface area contributed by atoms with Crippen molar-refractivity contribution >= 4 is 11.6 Å². The van der Waals surface area contributed by atoms with E-state index in [1.807, 2.05) is 25.2 Å². The first-order valence-electron chi connectivity index (χ1n) is 5.56. The van der Waals surface area contributed by atoms with E-state index >= 15 is 0 Å². The molecule has 2 heteroatoms. The number of nitrogens with one attached hydrogen (secondary N) is 1. The second-order valence-electron chi connectivity index (χ2n) is 4.33. The van der Waals surface area contributed by atoms with Gasteiger partial charge < -0.3 is 5.32 Å². The molecule has 1 atom stereocenters. The summed E-state index contributed by atoms with van der Waals surface area (Å²) in [6.07, 6.45) is 2.36. The highest BCUT2D eigenvalue weighted by molar-refractivity contribution is 6.31. The monoisotopic (exact) mass is 225 g/mol. The van der Waals surface area contributed by atoms with Crippen LogP contribution < -0.4 is 5.32 Å². The lowest BCUT2D eigenvalue weighted by molar-refractivity contribution is 0.465. The van der Waals surface area contributed by atoms with Gasteiger partial charge in [0.1, 0.15) is 0 Å². The molecule has 1 rings (SSSR count). The Labute approximate surface area is 97.8 Å². The van der Waals surface area contributed by atoms with E-state index < -0.39 is 0 Å². The number of benzene rings is 1. The molecule has 0 bridgehead atoms. The van der Waals surface area contributed by atoms with Crippen LogP contribution in [0, 0.1) is 5.92 Å². The summed E-state index contributed by atoms with van der Waals surface area (Å²) in [6, 6.07) is 8.45. The maximum absolute atomic E-state index is 6.17. The first-order chi connectivity index (χ1) is 7.15. The molecule has 0 saturated heterocycles. The van der Waals surface area contributed by atoms with Crippen molar-refractivity contribution in [3.63, 3.8) is 0 Å². The van der Waals surface area contributed by atoms with Crippen molar-refractivity contribution in [2.75, 3.05) is 7.05 Å². The summed E-state index contributed by atoms with van der Waals surface area (Å²) in [5.41, 5.74) is 1.21. The highest BCUT2D eigenvalue weighted by atomic mass is 35.5. The zero-order valence-electron chi connectivity index (χ0n) is 9.76. The van der Waals surface area contributed by atoms with Gasteiger partial charge in [0.15, 0.2) is 0 Å². The standard InChI is InChI=1S/C13H20ClN/c1-10(2)8-9-13(15-3)11-6-4-5-7-12(11)14/h4-7,10,13,15H,8-9H2,1-3H3. The van der Waals surface area contributed by atoms with Gasteiger partial charge in [-0.3, -0.25) is 0 Å². The van der Waals surface area contributed by atoms with Gasteiger partial charge >= 0.3 is 0 Å². The fourth-order valence-corrected chi connectivity index (χ4v) is 1.98. The molecule has 0 spiro atoms. The van der Waals surface area contributed by atoms with Crippen molar-refractivity contribution in [3.05, 3.63) is 34.9 Å². The van der Waals surface area contributed by atoms with Crippen molar-refractivity contribution in [2.24, 2.45) is 5.92 Å². The maximum Gasteiger partial charge on any atom is 0.0453 e. The fourth-order valence-electron chi connectivity index (χ4n) is 1.71. The summed E-state index contributed by atoms with van der Waals surface area (Å²) in [4.78, 5) is 0. The van der Waals surface area contributed by atoms with Gasteiger partial charge in [-0.15, -0.1) is 0 Å². The predicted octanol–water partition coefficient (Wildman–Crippen LogP) is 4.04. The van der Waals surface area contributed by atoms with Crippen molar-refractivity contribution in [2.45, 2.75) is 32.7 Å². The summed E-state index contributed by atoms with van der Waals surface area (Å²) in [6.45, 7) is 4.50. The molecule has 15 heavy (non-hydrogen) atoms. The summed E-state index contributed by atoms with van der Waals surface area (Å²) < 4.78 is 0. The molecule has 0 fully saturated rings. The Morgan fingerprint density at radius 1 is 1.20 bits per heavy atom. The topological polar surface area (TPSA) is 12.0 Å². The van der Waals surface area contributed by atoms with Gasteiger partial charge in [0, 0.05) is 11.1 Å². The normalized spacial score (nSPS) is 13.1. The molecule has 1 nitrogen and oxygen atoms in total. The predicted molar refractivity (Wildman–Crippen MR) is 67.3 cm³/mol. The third-order valence-corrected chi connectivity index (χ3v) is 3.01. The van der Waals surface area contributed by atoms with E-state index in [1.165, 1.54) is 12.0 Å². The molecule has 1 N–H and O–H groups in total. The summed E-state index contributed by atoms with van der Waals surface area (Å²) >= 11 is 6.17. The molecule has 0 heterocycles. The number of halogens is 1. The Bertz CT molecular complexity index is 296. The molecular weight excluding hydrogens is 206 g/mol. The van der Waals surface area contributed by atoms with Crippen LogP contribution >= 0.6 is 11.6 Å².